The van der Waals surface area contributed by atoms with E-state index in [0.717, 1.165) is 16.8 Å². The second kappa shape index (κ2) is 6.70. The van der Waals surface area contributed by atoms with Gasteiger partial charge in [0.05, 0.1) is 31.2 Å². The normalized spacial score (nSPS) is 17.1. The van der Waals surface area contributed by atoms with E-state index in [1.54, 1.807) is 0 Å². The summed E-state index contributed by atoms with van der Waals surface area (Å²) >= 11 is 0. The standard InChI is InChI=1S/C16H13F3N2O5/c1-24-12-8-21(10-4-2-3-9(7-10)16(17,18)19)20-13(12)15(23)26-11-5-6-25-14(11)22/h2-4,7-8,11H,5-6H2,1H3. The highest BCUT2D eigenvalue weighted by atomic mass is 19.4. The van der Waals surface area contributed by atoms with Crippen LogP contribution in [0.25, 0.3) is 5.69 Å². The molecule has 26 heavy (non-hydrogen) atoms. The van der Waals surface area contributed by atoms with Crippen molar-refractivity contribution >= 4 is 11.9 Å². The lowest BCUT2D eigenvalue weighted by atomic mass is 10.2. The fourth-order valence-electron chi connectivity index (χ4n) is 2.38. The number of rotatable bonds is 4. The zero-order valence-corrected chi connectivity index (χ0v) is 13.4. The number of alkyl halides is 3. The second-order valence-corrected chi connectivity index (χ2v) is 5.39. The monoisotopic (exact) mass is 370 g/mol. The molecule has 138 valence electrons. The average Bonchev–Trinajstić information content (AvgIpc) is 3.21. The molecule has 0 spiro atoms. The van der Waals surface area contributed by atoms with Gasteiger partial charge in [-0.3, -0.25) is 0 Å². The number of hydrogen-bond donors (Lipinski definition) is 0. The second-order valence-electron chi connectivity index (χ2n) is 5.39. The summed E-state index contributed by atoms with van der Waals surface area (Å²) in [6, 6.07) is 4.42. The number of ether oxygens (including phenoxy) is 3. The lowest BCUT2D eigenvalue weighted by Crippen LogP contribution is -2.23. The minimum Gasteiger partial charge on any atom is -0.493 e. The van der Waals surface area contributed by atoms with E-state index in [2.05, 4.69) is 5.10 Å². The fraction of sp³-hybridized carbons (Fsp3) is 0.312. The van der Waals surface area contributed by atoms with E-state index >= 15 is 0 Å². The molecule has 0 aliphatic carbocycles. The van der Waals surface area contributed by atoms with E-state index in [9.17, 15) is 22.8 Å². The Hall–Kier alpha value is -3.04. The first kappa shape index (κ1) is 17.8. The van der Waals surface area contributed by atoms with E-state index in [1.165, 1.54) is 25.4 Å². The van der Waals surface area contributed by atoms with Gasteiger partial charge in [-0.25, -0.2) is 14.3 Å². The van der Waals surface area contributed by atoms with Crippen molar-refractivity contribution in [1.82, 2.24) is 9.78 Å². The quantitative estimate of drug-likeness (QED) is 0.769. The van der Waals surface area contributed by atoms with Crippen LogP contribution in [0.1, 0.15) is 22.5 Å². The third-order valence-corrected chi connectivity index (χ3v) is 3.67. The average molecular weight is 370 g/mol. The summed E-state index contributed by atoms with van der Waals surface area (Å²) in [7, 11) is 1.27. The number of esters is 2. The van der Waals surface area contributed by atoms with E-state index < -0.39 is 29.8 Å². The Morgan fingerprint density at radius 3 is 2.77 bits per heavy atom. The number of halogens is 3. The van der Waals surface area contributed by atoms with Crippen molar-refractivity contribution in [3.8, 4) is 11.4 Å². The Kier molecular flexibility index (Phi) is 4.58. The van der Waals surface area contributed by atoms with Gasteiger partial charge in [0.15, 0.2) is 5.75 Å². The summed E-state index contributed by atoms with van der Waals surface area (Å²) < 4.78 is 54.4. The van der Waals surface area contributed by atoms with Crippen molar-refractivity contribution in [2.45, 2.75) is 18.7 Å². The van der Waals surface area contributed by atoms with Crippen LogP contribution in [0.15, 0.2) is 30.5 Å². The van der Waals surface area contributed by atoms with Crippen molar-refractivity contribution < 1.29 is 37.0 Å². The van der Waals surface area contributed by atoms with Gasteiger partial charge < -0.3 is 14.2 Å². The van der Waals surface area contributed by atoms with Crippen LogP contribution >= 0.6 is 0 Å². The maximum Gasteiger partial charge on any atom is 0.416 e. The summed E-state index contributed by atoms with van der Waals surface area (Å²) in [6.45, 7) is 0.145. The SMILES string of the molecule is COc1cn(-c2cccc(C(F)(F)F)c2)nc1C(=O)OC1CCOC1=O. The van der Waals surface area contributed by atoms with Gasteiger partial charge in [-0.05, 0) is 18.2 Å². The van der Waals surface area contributed by atoms with Gasteiger partial charge in [-0.15, -0.1) is 0 Å². The van der Waals surface area contributed by atoms with Crippen LogP contribution in [-0.4, -0.2) is 41.5 Å². The van der Waals surface area contributed by atoms with Crippen LogP contribution in [0.5, 0.6) is 5.75 Å². The van der Waals surface area contributed by atoms with Crippen molar-refractivity contribution in [3.63, 3.8) is 0 Å². The number of cyclic esters (lactones) is 1. The number of carbonyl (C=O) groups excluding carboxylic acids is 2. The first-order valence-electron chi connectivity index (χ1n) is 7.48. The fourth-order valence-corrected chi connectivity index (χ4v) is 2.38. The molecule has 1 saturated heterocycles. The molecule has 0 N–H and O–H groups in total. The number of nitrogens with zero attached hydrogens (tertiary/aromatic N) is 2. The van der Waals surface area contributed by atoms with Crippen molar-refractivity contribution in [2.24, 2.45) is 0 Å². The van der Waals surface area contributed by atoms with Gasteiger partial charge >= 0.3 is 18.1 Å². The largest absolute Gasteiger partial charge is 0.493 e. The predicted molar refractivity (Wildman–Crippen MR) is 79.9 cm³/mol. The molecule has 1 aromatic heterocycles. The summed E-state index contributed by atoms with van der Waals surface area (Å²) in [4.78, 5) is 23.6. The van der Waals surface area contributed by atoms with Gasteiger partial charge in [-0.1, -0.05) is 6.07 Å². The molecule has 1 aliphatic rings. The number of carbonyl (C=O) groups is 2. The van der Waals surface area contributed by atoms with Gasteiger partial charge in [0.1, 0.15) is 0 Å². The van der Waals surface area contributed by atoms with Crippen LogP contribution in [0.2, 0.25) is 0 Å². The lowest BCUT2D eigenvalue weighted by Gasteiger charge is -2.08. The molecule has 0 bridgehead atoms. The maximum absolute atomic E-state index is 12.9. The Morgan fingerprint density at radius 1 is 1.38 bits per heavy atom. The Labute approximate surface area is 145 Å². The van der Waals surface area contributed by atoms with Crippen LogP contribution in [0, 0.1) is 0 Å². The van der Waals surface area contributed by atoms with Crippen LogP contribution < -0.4 is 4.74 Å². The number of hydrogen-bond acceptors (Lipinski definition) is 6. The van der Waals surface area contributed by atoms with Crippen LogP contribution in [-0.2, 0) is 20.4 Å². The molecule has 1 fully saturated rings. The van der Waals surface area contributed by atoms with E-state index in [0.29, 0.717) is 0 Å². The number of methoxy groups -OCH3 is 1. The van der Waals surface area contributed by atoms with Gasteiger partial charge in [0, 0.05) is 6.42 Å². The molecule has 1 atom stereocenters. The third kappa shape index (κ3) is 3.48. The third-order valence-electron chi connectivity index (χ3n) is 3.67. The summed E-state index contributed by atoms with van der Waals surface area (Å²) in [6.07, 6.45) is -4.08. The highest BCUT2D eigenvalue weighted by molar-refractivity contribution is 5.92. The Bertz CT molecular complexity index is 847. The van der Waals surface area contributed by atoms with E-state index in [1.807, 2.05) is 0 Å². The summed E-state index contributed by atoms with van der Waals surface area (Å²) in [5.41, 5.74) is -1.04. The Morgan fingerprint density at radius 2 is 2.15 bits per heavy atom. The topological polar surface area (TPSA) is 79.7 Å². The minimum atomic E-state index is -4.52. The van der Waals surface area contributed by atoms with E-state index in [4.69, 9.17) is 14.2 Å². The minimum absolute atomic E-state index is 0.00113. The first-order chi connectivity index (χ1) is 12.3. The summed E-state index contributed by atoms with van der Waals surface area (Å²) in [5, 5.41) is 3.94. The molecule has 2 aromatic rings. The highest BCUT2D eigenvalue weighted by Crippen LogP contribution is 2.31. The number of aromatic nitrogens is 2. The van der Waals surface area contributed by atoms with Crippen LogP contribution in [0.4, 0.5) is 13.2 Å². The van der Waals surface area contributed by atoms with Crippen molar-refractivity contribution in [1.29, 1.82) is 0 Å². The molecular formula is C16H13F3N2O5. The molecule has 0 radical (unpaired) electrons. The molecule has 1 unspecified atom stereocenters. The Balaban J connectivity index is 1.89. The molecular weight excluding hydrogens is 357 g/mol. The summed E-state index contributed by atoms with van der Waals surface area (Å²) in [5.74, 6) is -1.59. The first-order valence-corrected chi connectivity index (χ1v) is 7.48. The lowest BCUT2D eigenvalue weighted by molar-refractivity contribution is -0.145. The smallest absolute Gasteiger partial charge is 0.416 e. The molecule has 7 nitrogen and oxygen atoms in total. The van der Waals surface area contributed by atoms with Gasteiger partial charge in [-0.2, -0.15) is 18.3 Å². The molecule has 1 aromatic carbocycles. The van der Waals surface area contributed by atoms with E-state index in [-0.39, 0.29) is 30.2 Å². The van der Waals surface area contributed by atoms with Crippen molar-refractivity contribution in [2.75, 3.05) is 13.7 Å². The molecule has 2 heterocycles. The van der Waals surface area contributed by atoms with Crippen molar-refractivity contribution in [3.05, 3.63) is 41.7 Å². The number of benzene rings is 1. The van der Waals surface area contributed by atoms with Gasteiger partial charge in [0.25, 0.3) is 0 Å². The van der Waals surface area contributed by atoms with Gasteiger partial charge in [0.2, 0.25) is 11.8 Å². The molecule has 3 rings (SSSR count). The molecule has 0 saturated carbocycles. The van der Waals surface area contributed by atoms with Crippen LogP contribution in [0.3, 0.4) is 0 Å². The zero-order chi connectivity index (χ0) is 18.9. The molecule has 1 aliphatic heterocycles. The molecule has 10 heteroatoms. The predicted octanol–water partition coefficient (Wildman–Crippen LogP) is 2.37. The molecule has 0 amide bonds. The highest BCUT2D eigenvalue weighted by Gasteiger charge is 2.33. The maximum atomic E-state index is 12.9. The zero-order valence-electron chi connectivity index (χ0n) is 13.4.